The molecule has 1 aromatic carbocycles. The second kappa shape index (κ2) is 8.25. The molecule has 2 atom stereocenters. The summed E-state index contributed by atoms with van der Waals surface area (Å²) in [5, 5.41) is 7.72. The first kappa shape index (κ1) is 18.8. The van der Waals surface area contributed by atoms with Crippen molar-refractivity contribution in [3.8, 4) is 5.75 Å². The Bertz CT molecular complexity index is 814. The number of fused-ring (bicyclic) bond motifs is 1. The summed E-state index contributed by atoms with van der Waals surface area (Å²) >= 11 is 0. The van der Waals surface area contributed by atoms with Crippen molar-refractivity contribution in [2.75, 3.05) is 13.7 Å². The summed E-state index contributed by atoms with van der Waals surface area (Å²) < 4.78 is 7.23. The van der Waals surface area contributed by atoms with Gasteiger partial charge in [-0.15, -0.1) is 0 Å². The van der Waals surface area contributed by atoms with E-state index in [1.54, 1.807) is 7.11 Å². The Hall–Kier alpha value is -2.50. The van der Waals surface area contributed by atoms with Crippen molar-refractivity contribution >= 4 is 6.03 Å². The summed E-state index contributed by atoms with van der Waals surface area (Å²) in [6.07, 6.45) is 9.40. The lowest BCUT2D eigenvalue weighted by Gasteiger charge is -2.33. The predicted octanol–water partition coefficient (Wildman–Crippen LogP) is 4.13. The van der Waals surface area contributed by atoms with Gasteiger partial charge in [-0.2, -0.15) is 5.10 Å². The monoisotopic (exact) mass is 382 g/mol. The molecule has 6 heteroatoms. The maximum Gasteiger partial charge on any atom is 0.318 e. The number of carbonyl (C=O) groups is 1. The van der Waals surface area contributed by atoms with Gasteiger partial charge in [-0.3, -0.25) is 4.68 Å². The average Bonchev–Trinajstić information content (AvgIpc) is 2.95. The SMILES string of the molecule is COc1ccc([C@@H]2CCCCCN2C(=O)N[C@H]2CCCc3c2cnn3C)cc1. The van der Waals surface area contributed by atoms with E-state index in [1.807, 2.05) is 35.0 Å². The van der Waals surface area contributed by atoms with Crippen molar-refractivity contribution in [1.29, 1.82) is 0 Å². The Morgan fingerprint density at radius 1 is 1.14 bits per heavy atom. The van der Waals surface area contributed by atoms with Gasteiger partial charge in [-0.1, -0.05) is 25.0 Å². The van der Waals surface area contributed by atoms with Gasteiger partial charge in [0.15, 0.2) is 0 Å². The minimum Gasteiger partial charge on any atom is -0.497 e. The lowest BCUT2D eigenvalue weighted by molar-refractivity contribution is 0.170. The van der Waals surface area contributed by atoms with E-state index >= 15 is 0 Å². The zero-order valence-corrected chi connectivity index (χ0v) is 16.9. The molecule has 6 nitrogen and oxygen atoms in total. The van der Waals surface area contributed by atoms with Crippen LogP contribution in [0, 0.1) is 0 Å². The smallest absolute Gasteiger partial charge is 0.318 e. The summed E-state index contributed by atoms with van der Waals surface area (Å²) in [5.41, 5.74) is 3.61. The van der Waals surface area contributed by atoms with Crippen LogP contribution in [0.25, 0.3) is 0 Å². The molecule has 0 bridgehead atoms. The number of amides is 2. The number of hydrogen-bond donors (Lipinski definition) is 1. The molecule has 2 amide bonds. The fourth-order valence-corrected chi connectivity index (χ4v) is 4.61. The van der Waals surface area contributed by atoms with Gasteiger partial charge >= 0.3 is 6.03 Å². The van der Waals surface area contributed by atoms with Gasteiger partial charge in [0.25, 0.3) is 0 Å². The van der Waals surface area contributed by atoms with Crippen LogP contribution in [0.4, 0.5) is 4.79 Å². The van der Waals surface area contributed by atoms with Gasteiger partial charge in [0.2, 0.25) is 0 Å². The van der Waals surface area contributed by atoms with E-state index in [4.69, 9.17) is 4.74 Å². The number of likely N-dealkylation sites (tertiary alicyclic amines) is 1. The number of aromatic nitrogens is 2. The highest BCUT2D eigenvalue weighted by Gasteiger charge is 2.30. The van der Waals surface area contributed by atoms with Crippen molar-refractivity contribution in [2.24, 2.45) is 7.05 Å². The largest absolute Gasteiger partial charge is 0.497 e. The molecule has 0 spiro atoms. The van der Waals surface area contributed by atoms with E-state index in [9.17, 15) is 4.79 Å². The first-order valence-electron chi connectivity index (χ1n) is 10.4. The Balaban J connectivity index is 1.53. The maximum atomic E-state index is 13.3. The first-order chi connectivity index (χ1) is 13.7. The molecule has 1 saturated heterocycles. The minimum absolute atomic E-state index is 0.0458. The lowest BCUT2D eigenvalue weighted by Crippen LogP contribution is -2.44. The maximum absolute atomic E-state index is 13.3. The molecule has 2 heterocycles. The van der Waals surface area contributed by atoms with E-state index < -0.39 is 0 Å². The molecule has 1 N–H and O–H groups in total. The van der Waals surface area contributed by atoms with Crippen molar-refractivity contribution in [3.05, 3.63) is 47.3 Å². The van der Waals surface area contributed by atoms with E-state index in [-0.39, 0.29) is 18.1 Å². The Morgan fingerprint density at radius 3 is 2.75 bits per heavy atom. The van der Waals surface area contributed by atoms with Crippen LogP contribution in [-0.2, 0) is 13.5 Å². The number of urea groups is 1. The average molecular weight is 383 g/mol. The number of ether oxygens (including phenoxy) is 1. The van der Waals surface area contributed by atoms with E-state index in [1.165, 1.54) is 23.2 Å². The number of benzene rings is 1. The topological polar surface area (TPSA) is 59.4 Å². The second-order valence-corrected chi connectivity index (χ2v) is 7.90. The summed E-state index contributed by atoms with van der Waals surface area (Å²) in [6.45, 7) is 0.801. The van der Waals surface area contributed by atoms with E-state index in [0.717, 1.165) is 50.8 Å². The number of hydrogen-bond acceptors (Lipinski definition) is 3. The highest BCUT2D eigenvalue weighted by Crippen LogP contribution is 2.33. The van der Waals surface area contributed by atoms with Gasteiger partial charge < -0.3 is 15.0 Å². The van der Waals surface area contributed by atoms with Crippen LogP contribution in [-0.4, -0.2) is 34.4 Å². The van der Waals surface area contributed by atoms with Crippen LogP contribution in [0.3, 0.4) is 0 Å². The molecule has 1 aromatic heterocycles. The molecular formula is C22H30N4O2. The van der Waals surface area contributed by atoms with Crippen LogP contribution in [0.5, 0.6) is 5.75 Å². The summed E-state index contributed by atoms with van der Waals surface area (Å²) in [6, 6.07) is 8.38. The molecule has 4 rings (SSSR count). The number of aryl methyl sites for hydroxylation is 1. The molecule has 1 fully saturated rings. The molecule has 150 valence electrons. The van der Waals surface area contributed by atoms with Crippen molar-refractivity contribution in [2.45, 2.75) is 57.0 Å². The Labute approximate surface area is 166 Å². The minimum atomic E-state index is 0.0458. The van der Waals surface area contributed by atoms with Gasteiger partial charge in [-0.05, 0) is 49.8 Å². The summed E-state index contributed by atoms with van der Waals surface area (Å²) in [7, 11) is 3.66. The van der Waals surface area contributed by atoms with Gasteiger partial charge in [0, 0.05) is 24.8 Å². The lowest BCUT2D eigenvalue weighted by atomic mass is 9.93. The molecule has 28 heavy (non-hydrogen) atoms. The highest BCUT2D eigenvalue weighted by atomic mass is 16.5. The van der Waals surface area contributed by atoms with Crippen molar-refractivity contribution in [3.63, 3.8) is 0 Å². The summed E-state index contributed by atoms with van der Waals surface area (Å²) in [5.74, 6) is 0.847. The van der Waals surface area contributed by atoms with Gasteiger partial charge in [-0.25, -0.2) is 4.79 Å². The molecular weight excluding hydrogens is 352 g/mol. The van der Waals surface area contributed by atoms with Crippen molar-refractivity contribution in [1.82, 2.24) is 20.0 Å². The quantitative estimate of drug-likeness (QED) is 0.868. The van der Waals surface area contributed by atoms with Crippen LogP contribution in [0.2, 0.25) is 0 Å². The second-order valence-electron chi connectivity index (χ2n) is 7.90. The van der Waals surface area contributed by atoms with Crippen LogP contribution < -0.4 is 10.1 Å². The Kier molecular flexibility index (Phi) is 5.55. The van der Waals surface area contributed by atoms with E-state index in [0.29, 0.717) is 0 Å². The zero-order valence-electron chi connectivity index (χ0n) is 16.9. The molecule has 1 aliphatic heterocycles. The Morgan fingerprint density at radius 2 is 1.96 bits per heavy atom. The fraction of sp³-hybridized carbons (Fsp3) is 0.545. The number of carbonyl (C=O) groups excluding carboxylic acids is 1. The van der Waals surface area contributed by atoms with Crippen LogP contribution in [0.1, 0.15) is 67.4 Å². The molecule has 0 saturated carbocycles. The molecule has 2 aliphatic rings. The number of nitrogens with one attached hydrogen (secondary N) is 1. The molecule has 1 aliphatic carbocycles. The van der Waals surface area contributed by atoms with E-state index in [2.05, 4.69) is 22.5 Å². The highest BCUT2D eigenvalue weighted by molar-refractivity contribution is 5.75. The predicted molar refractivity (Wildman–Crippen MR) is 108 cm³/mol. The number of rotatable bonds is 3. The third-order valence-electron chi connectivity index (χ3n) is 6.19. The molecule has 0 radical (unpaired) electrons. The third kappa shape index (κ3) is 3.73. The van der Waals surface area contributed by atoms with Crippen LogP contribution in [0.15, 0.2) is 30.5 Å². The van der Waals surface area contributed by atoms with Gasteiger partial charge in [0.1, 0.15) is 5.75 Å². The van der Waals surface area contributed by atoms with Crippen LogP contribution >= 0.6 is 0 Å². The first-order valence-corrected chi connectivity index (χ1v) is 10.4. The van der Waals surface area contributed by atoms with Crippen molar-refractivity contribution < 1.29 is 9.53 Å². The summed E-state index contributed by atoms with van der Waals surface area (Å²) in [4.78, 5) is 15.3. The number of nitrogens with zero attached hydrogens (tertiary/aromatic N) is 3. The van der Waals surface area contributed by atoms with Gasteiger partial charge in [0.05, 0.1) is 25.4 Å². The molecule has 0 unspecified atom stereocenters. The standard InChI is InChI=1S/C22H30N4O2/c1-25-21-9-6-7-19(18(21)15-23-25)24-22(27)26-14-5-3-4-8-20(26)16-10-12-17(28-2)13-11-16/h10-13,15,19-20H,3-9,14H2,1-2H3,(H,24,27)/t19-,20-/m0/s1. The fourth-order valence-electron chi connectivity index (χ4n) is 4.61. The molecule has 2 aromatic rings. The number of methoxy groups -OCH3 is 1. The zero-order chi connectivity index (χ0) is 19.5. The normalized spacial score (nSPS) is 22.3. The third-order valence-corrected chi connectivity index (χ3v) is 6.19.